The number of likely N-dealkylation sites (tertiary alicyclic amines) is 1. The molecule has 4 N–H and O–H groups in total. The van der Waals surface area contributed by atoms with Gasteiger partial charge in [0.25, 0.3) is 11.5 Å². The third-order valence-electron chi connectivity index (χ3n) is 7.50. The summed E-state index contributed by atoms with van der Waals surface area (Å²) >= 11 is 7.90. The molecule has 0 spiro atoms. The zero-order valence-corrected chi connectivity index (χ0v) is 25.2. The number of nitrogens with one attached hydrogen (secondary N) is 3. The highest BCUT2D eigenvalue weighted by atomic mass is 35.5. The Bertz CT molecular complexity index is 1730. The Hall–Kier alpha value is -3.88. The summed E-state index contributed by atoms with van der Waals surface area (Å²) < 4.78 is 31.7. The smallest absolute Gasteiger partial charge is 0.475 e. The van der Waals surface area contributed by atoms with Crippen molar-refractivity contribution in [2.24, 2.45) is 0 Å². The molecule has 4 aromatic rings. The van der Waals surface area contributed by atoms with Crippen molar-refractivity contribution in [3.8, 4) is 11.4 Å². The number of carbonyl (C=O) groups is 2. The van der Waals surface area contributed by atoms with Crippen LogP contribution in [0.5, 0.6) is 0 Å². The van der Waals surface area contributed by atoms with Crippen LogP contribution in [0.3, 0.4) is 0 Å². The fraction of sp³-hybridized carbons (Fsp3) is 0.379. The number of nitrogens with zero attached hydrogens (tertiary/aromatic N) is 3. The van der Waals surface area contributed by atoms with Crippen LogP contribution in [0.4, 0.5) is 18.9 Å². The number of amides is 1. The van der Waals surface area contributed by atoms with Crippen molar-refractivity contribution in [3.05, 3.63) is 67.2 Å². The second-order valence-corrected chi connectivity index (χ2v) is 12.1. The molecule has 15 heteroatoms. The number of pyridine rings is 1. The number of aliphatic carboxylic acids is 1. The quantitative estimate of drug-likeness (QED) is 0.202. The van der Waals surface area contributed by atoms with Crippen molar-refractivity contribution >= 4 is 51.5 Å². The molecular formula is C29H30ClF3N6O4S. The van der Waals surface area contributed by atoms with E-state index in [9.17, 15) is 22.8 Å². The molecule has 2 aliphatic heterocycles. The Morgan fingerprint density at radius 3 is 2.59 bits per heavy atom. The number of H-pyrrole nitrogens is 2. The van der Waals surface area contributed by atoms with Crippen molar-refractivity contribution in [3.63, 3.8) is 0 Å². The van der Waals surface area contributed by atoms with Crippen molar-refractivity contribution in [1.82, 2.24) is 24.8 Å². The van der Waals surface area contributed by atoms with Crippen LogP contribution in [-0.2, 0) is 17.8 Å². The number of aromatic amines is 2. The maximum atomic E-state index is 13.1. The van der Waals surface area contributed by atoms with Crippen LogP contribution in [0, 0.1) is 0 Å². The normalized spacial score (nSPS) is 15.8. The standard InChI is InChI=1S/C27H29ClN6O2S.C2HF3O2/c1-16(12-23-19(28)5-11-37-23)30-20-4-6-29-26(35)24(20)25-31-21-13-17-15-34(10-9-33-7-2-3-8-33)27(36)18(17)14-22(21)32-25;3-2(4,5)1(6)7/h4-6,11,13-14,16H,2-3,7-10,12,15H2,1H3,(H,31,32)(H2,29,30,35);(H,6,7)/t16-;/m0./s1. The molecule has 1 fully saturated rings. The molecule has 1 atom stereocenters. The highest BCUT2D eigenvalue weighted by Crippen LogP contribution is 2.31. The number of fused-ring (bicyclic) bond motifs is 2. The van der Waals surface area contributed by atoms with Crippen LogP contribution < -0.4 is 10.9 Å². The number of carbonyl (C=O) groups excluding carboxylic acids is 1. The van der Waals surface area contributed by atoms with Crippen LogP contribution in [0.15, 0.2) is 40.6 Å². The largest absolute Gasteiger partial charge is 0.490 e. The Morgan fingerprint density at radius 2 is 1.93 bits per heavy atom. The molecule has 0 radical (unpaired) electrons. The SMILES string of the molecule is C[C@@H](Cc1sccc1Cl)Nc1cc[nH]c(=O)c1-c1nc2cc3c(cc2[nH]1)CN(CCN1CCCC1)C3=O.O=C(O)C(F)(F)F. The molecule has 0 bridgehead atoms. The van der Waals surface area contributed by atoms with E-state index in [1.54, 1.807) is 17.5 Å². The second-order valence-electron chi connectivity index (χ2n) is 10.7. The van der Waals surface area contributed by atoms with Gasteiger partial charge >= 0.3 is 12.1 Å². The Balaban J connectivity index is 0.000000493. The number of hydrogen-bond acceptors (Lipinski definition) is 7. The number of carboxylic acid groups (broad SMARTS) is 1. The molecule has 1 aromatic carbocycles. The van der Waals surface area contributed by atoms with Gasteiger partial charge in [0, 0.05) is 48.7 Å². The van der Waals surface area contributed by atoms with E-state index in [2.05, 4.69) is 27.1 Å². The summed E-state index contributed by atoms with van der Waals surface area (Å²) in [4.78, 5) is 51.2. The molecule has 10 nitrogen and oxygen atoms in total. The first-order valence-electron chi connectivity index (χ1n) is 14.0. The average Bonchev–Trinajstić information content (AvgIpc) is 3.75. The molecule has 234 valence electrons. The van der Waals surface area contributed by atoms with E-state index in [0.717, 1.165) is 53.6 Å². The molecule has 1 amide bonds. The Morgan fingerprint density at radius 1 is 1.20 bits per heavy atom. The van der Waals surface area contributed by atoms with Gasteiger partial charge in [-0.05, 0) is 68.1 Å². The number of imidazole rings is 1. The van der Waals surface area contributed by atoms with Crippen LogP contribution in [0.25, 0.3) is 22.4 Å². The predicted molar refractivity (Wildman–Crippen MR) is 162 cm³/mol. The van der Waals surface area contributed by atoms with Gasteiger partial charge in [0.1, 0.15) is 11.4 Å². The third kappa shape index (κ3) is 7.08. The van der Waals surface area contributed by atoms with Crippen LogP contribution >= 0.6 is 22.9 Å². The minimum Gasteiger partial charge on any atom is -0.475 e. The van der Waals surface area contributed by atoms with Gasteiger partial charge in [0.05, 0.1) is 21.7 Å². The lowest BCUT2D eigenvalue weighted by atomic mass is 10.1. The van der Waals surface area contributed by atoms with E-state index in [0.29, 0.717) is 34.7 Å². The van der Waals surface area contributed by atoms with E-state index in [1.807, 2.05) is 34.5 Å². The number of anilines is 1. The summed E-state index contributed by atoms with van der Waals surface area (Å²) in [6, 6.07) is 7.65. The fourth-order valence-corrected chi connectivity index (χ4v) is 6.59. The molecule has 1 saturated heterocycles. The van der Waals surface area contributed by atoms with Crippen molar-refractivity contribution in [1.29, 1.82) is 0 Å². The number of carboxylic acids is 1. The van der Waals surface area contributed by atoms with Crippen LogP contribution in [-0.4, -0.2) is 80.1 Å². The Labute approximate surface area is 258 Å². The van der Waals surface area contributed by atoms with Crippen LogP contribution in [0.2, 0.25) is 5.02 Å². The molecule has 0 aliphatic carbocycles. The predicted octanol–water partition coefficient (Wildman–Crippen LogP) is 5.36. The number of benzene rings is 1. The number of hydrogen-bond donors (Lipinski definition) is 4. The highest BCUT2D eigenvalue weighted by molar-refractivity contribution is 7.10. The third-order valence-corrected chi connectivity index (χ3v) is 8.90. The van der Waals surface area contributed by atoms with E-state index >= 15 is 0 Å². The second kappa shape index (κ2) is 13.0. The fourth-order valence-electron chi connectivity index (χ4n) is 5.35. The average molecular weight is 651 g/mol. The zero-order valence-electron chi connectivity index (χ0n) is 23.6. The Kier molecular flexibility index (Phi) is 9.32. The number of alkyl halides is 3. The first-order valence-corrected chi connectivity index (χ1v) is 15.2. The monoisotopic (exact) mass is 650 g/mol. The van der Waals surface area contributed by atoms with Gasteiger partial charge in [-0.2, -0.15) is 13.2 Å². The van der Waals surface area contributed by atoms with Gasteiger partial charge in [-0.1, -0.05) is 11.6 Å². The molecule has 3 aromatic heterocycles. The molecule has 6 rings (SSSR count). The van der Waals surface area contributed by atoms with Gasteiger partial charge in [-0.3, -0.25) is 9.59 Å². The molecule has 2 aliphatic rings. The lowest BCUT2D eigenvalue weighted by Gasteiger charge is -2.20. The van der Waals surface area contributed by atoms with E-state index < -0.39 is 12.1 Å². The molecule has 44 heavy (non-hydrogen) atoms. The molecular weight excluding hydrogens is 621 g/mol. The lowest BCUT2D eigenvalue weighted by molar-refractivity contribution is -0.192. The summed E-state index contributed by atoms with van der Waals surface area (Å²) in [5.74, 6) is -2.23. The summed E-state index contributed by atoms with van der Waals surface area (Å²) in [6.45, 7) is 6.58. The topological polar surface area (TPSA) is 134 Å². The van der Waals surface area contributed by atoms with Crippen molar-refractivity contribution in [2.45, 2.75) is 44.9 Å². The first-order chi connectivity index (χ1) is 20.9. The minimum absolute atomic E-state index is 0.0500. The summed E-state index contributed by atoms with van der Waals surface area (Å²) in [7, 11) is 0. The zero-order chi connectivity index (χ0) is 31.6. The highest BCUT2D eigenvalue weighted by Gasteiger charge is 2.38. The van der Waals surface area contributed by atoms with E-state index in [1.165, 1.54) is 12.8 Å². The van der Waals surface area contributed by atoms with E-state index in [-0.39, 0.29) is 17.5 Å². The van der Waals surface area contributed by atoms with Crippen LogP contribution in [0.1, 0.15) is 40.6 Å². The minimum atomic E-state index is -5.08. The maximum absolute atomic E-state index is 13.1. The van der Waals surface area contributed by atoms with Crippen molar-refractivity contribution in [2.75, 3.05) is 31.5 Å². The van der Waals surface area contributed by atoms with Gasteiger partial charge < -0.3 is 30.2 Å². The van der Waals surface area contributed by atoms with Gasteiger partial charge in [-0.15, -0.1) is 11.3 Å². The summed E-state index contributed by atoms with van der Waals surface area (Å²) in [5.41, 5.74) is 4.10. The lowest BCUT2D eigenvalue weighted by Crippen LogP contribution is -2.33. The van der Waals surface area contributed by atoms with Gasteiger partial charge in [-0.25, -0.2) is 9.78 Å². The number of thiophene rings is 1. The summed E-state index contributed by atoms with van der Waals surface area (Å²) in [5, 5.41) is 13.3. The molecule has 5 heterocycles. The van der Waals surface area contributed by atoms with Gasteiger partial charge in [0.15, 0.2) is 0 Å². The van der Waals surface area contributed by atoms with Gasteiger partial charge in [0.2, 0.25) is 0 Å². The number of aromatic nitrogens is 3. The number of rotatable bonds is 8. The number of halogens is 4. The van der Waals surface area contributed by atoms with Crippen molar-refractivity contribution < 1.29 is 27.9 Å². The first kappa shape index (κ1) is 31.5. The maximum Gasteiger partial charge on any atom is 0.490 e. The van der Waals surface area contributed by atoms with E-state index in [4.69, 9.17) is 26.5 Å². The molecule has 0 saturated carbocycles. The summed E-state index contributed by atoms with van der Waals surface area (Å²) in [6.07, 6.45) is -0.218. The molecule has 0 unspecified atom stereocenters.